The summed E-state index contributed by atoms with van der Waals surface area (Å²) in [6.07, 6.45) is 3.15. The summed E-state index contributed by atoms with van der Waals surface area (Å²) in [5.41, 5.74) is 1.17. The van der Waals surface area contributed by atoms with Crippen LogP contribution >= 0.6 is 0 Å². The molecule has 0 spiro atoms. The number of hydrogen-bond acceptors (Lipinski definition) is 2. The molecule has 0 aromatic carbocycles. The Balaban J connectivity index is 4.27. The molecule has 0 fully saturated rings. The fourth-order valence-corrected chi connectivity index (χ4v) is 1.03. The number of nitrogens with one attached hydrogen (secondary N) is 1. The minimum Gasteiger partial charge on any atom is -0.379 e. The van der Waals surface area contributed by atoms with Crippen molar-refractivity contribution < 1.29 is 4.79 Å². The molecule has 0 aromatic heterocycles. The van der Waals surface area contributed by atoms with Crippen molar-refractivity contribution in [2.45, 2.75) is 47.1 Å². The van der Waals surface area contributed by atoms with Gasteiger partial charge in [-0.05, 0) is 26.2 Å². The van der Waals surface area contributed by atoms with E-state index in [0.717, 1.165) is 6.42 Å². The Bertz CT molecular complexity index is 194. The van der Waals surface area contributed by atoms with Crippen LogP contribution in [0.4, 0.5) is 0 Å². The van der Waals surface area contributed by atoms with Crippen LogP contribution in [0.2, 0.25) is 0 Å². The molecule has 1 N–H and O–H groups in total. The number of Topliss-reactive ketones (excluding diaryl/α,β-unsaturated/α-hetero) is 1. The molecule has 0 unspecified atom stereocenters. The number of allylic oxidation sites excluding steroid dienone is 2. The zero-order valence-corrected chi connectivity index (χ0v) is 9.35. The van der Waals surface area contributed by atoms with Gasteiger partial charge in [-0.25, -0.2) is 0 Å². The van der Waals surface area contributed by atoms with Gasteiger partial charge in [0, 0.05) is 5.70 Å². The number of carbonyl (C=O) groups excluding carboxylic acids is 1. The molecule has 2 heteroatoms. The van der Waals surface area contributed by atoms with Crippen molar-refractivity contribution in [2.75, 3.05) is 0 Å². The molecule has 0 saturated heterocycles. The summed E-state index contributed by atoms with van der Waals surface area (Å²) in [7, 11) is 0. The molecule has 0 aliphatic carbocycles. The first kappa shape index (κ1) is 12.2. The van der Waals surface area contributed by atoms with Crippen molar-refractivity contribution in [1.82, 2.24) is 5.32 Å². The van der Waals surface area contributed by atoms with Gasteiger partial charge < -0.3 is 5.32 Å². The van der Waals surface area contributed by atoms with Crippen LogP contribution in [0, 0.1) is 5.92 Å². The van der Waals surface area contributed by atoms with Crippen LogP contribution in [-0.4, -0.2) is 11.8 Å². The summed E-state index contributed by atoms with van der Waals surface area (Å²) in [5, 5.41) is 3.23. The second kappa shape index (κ2) is 5.79. The molecular formula is C11H21NO. The van der Waals surface area contributed by atoms with Gasteiger partial charge in [0.25, 0.3) is 0 Å². The van der Waals surface area contributed by atoms with Crippen LogP contribution in [0.25, 0.3) is 0 Å². The molecule has 1 atom stereocenters. The van der Waals surface area contributed by atoms with E-state index in [1.807, 2.05) is 6.92 Å². The zero-order chi connectivity index (χ0) is 10.4. The third kappa shape index (κ3) is 4.71. The van der Waals surface area contributed by atoms with Crippen LogP contribution < -0.4 is 5.32 Å². The van der Waals surface area contributed by atoms with Crippen LogP contribution in [0.5, 0.6) is 0 Å². The lowest BCUT2D eigenvalue weighted by Gasteiger charge is -2.18. The normalized spacial score (nSPS) is 14.5. The van der Waals surface area contributed by atoms with Crippen molar-refractivity contribution in [3.05, 3.63) is 11.8 Å². The van der Waals surface area contributed by atoms with Crippen LogP contribution in [0.15, 0.2) is 11.8 Å². The lowest BCUT2D eigenvalue weighted by Crippen LogP contribution is -2.33. The molecule has 0 rings (SSSR count). The van der Waals surface area contributed by atoms with E-state index in [4.69, 9.17) is 0 Å². The fourth-order valence-electron chi connectivity index (χ4n) is 1.03. The first-order valence-electron chi connectivity index (χ1n) is 4.96. The summed E-state index contributed by atoms with van der Waals surface area (Å²) in [6, 6.07) is -0.0693. The van der Waals surface area contributed by atoms with Crippen molar-refractivity contribution in [1.29, 1.82) is 0 Å². The molecule has 2 nitrogen and oxygen atoms in total. The minimum atomic E-state index is -0.0693. The summed E-state index contributed by atoms with van der Waals surface area (Å²) in [5.74, 6) is 0.643. The van der Waals surface area contributed by atoms with Gasteiger partial charge in [0.2, 0.25) is 0 Å². The second-order valence-electron chi connectivity index (χ2n) is 3.70. The zero-order valence-electron chi connectivity index (χ0n) is 9.35. The average Bonchev–Trinajstić information content (AvgIpc) is 2.03. The van der Waals surface area contributed by atoms with E-state index >= 15 is 0 Å². The molecule has 0 saturated carbocycles. The first-order chi connectivity index (χ1) is 5.99. The Hall–Kier alpha value is -0.790. The maximum absolute atomic E-state index is 11.0. The van der Waals surface area contributed by atoms with Crippen molar-refractivity contribution >= 4 is 5.78 Å². The van der Waals surface area contributed by atoms with Gasteiger partial charge in [0.05, 0.1) is 6.04 Å². The van der Waals surface area contributed by atoms with Gasteiger partial charge >= 0.3 is 0 Å². The Kier molecular flexibility index (Phi) is 5.44. The van der Waals surface area contributed by atoms with Gasteiger partial charge in [-0.15, -0.1) is 0 Å². The summed E-state index contributed by atoms with van der Waals surface area (Å²) in [6.45, 7) is 9.86. The topological polar surface area (TPSA) is 29.1 Å². The first-order valence-corrected chi connectivity index (χ1v) is 4.96. The highest BCUT2D eigenvalue weighted by molar-refractivity contribution is 5.81. The third-order valence-corrected chi connectivity index (χ3v) is 2.04. The summed E-state index contributed by atoms with van der Waals surface area (Å²) >= 11 is 0. The molecule has 0 aliphatic heterocycles. The van der Waals surface area contributed by atoms with Gasteiger partial charge in [-0.2, -0.15) is 0 Å². The van der Waals surface area contributed by atoms with Crippen LogP contribution in [0.1, 0.15) is 41.0 Å². The molecule has 0 aromatic rings. The van der Waals surface area contributed by atoms with E-state index in [1.54, 1.807) is 6.92 Å². The van der Waals surface area contributed by atoms with E-state index in [1.165, 1.54) is 5.70 Å². The molecule has 0 amide bonds. The second-order valence-corrected chi connectivity index (χ2v) is 3.70. The maximum Gasteiger partial charge on any atom is 0.151 e. The number of carbonyl (C=O) groups is 1. The quantitative estimate of drug-likeness (QED) is 0.709. The highest BCUT2D eigenvalue weighted by Gasteiger charge is 2.10. The molecule has 0 radical (unpaired) electrons. The standard InChI is InChI=1S/C11H21NO/c1-6-7-11(8(2)3)12-9(4)10(5)13/h7-9,12H,6H2,1-5H3/b11-7-/t9-/m0/s1. The number of rotatable bonds is 5. The monoisotopic (exact) mass is 183 g/mol. The summed E-state index contributed by atoms with van der Waals surface area (Å²) < 4.78 is 0. The Morgan fingerprint density at radius 1 is 1.38 bits per heavy atom. The fraction of sp³-hybridized carbons (Fsp3) is 0.727. The molecule has 0 bridgehead atoms. The number of hydrogen-bond donors (Lipinski definition) is 1. The highest BCUT2D eigenvalue weighted by Crippen LogP contribution is 2.08. The molecule has 0 aliphatic rings. The highest BCUT2D eigenvalue weighted by atomic mass is 16.1. The predicted molar refractivity (Wildman–Crippen MR) is 56.5 cm³/mol. The maximum atomic E-state index is 11.0. The lowest BCUT2D eigenvalue weighted by molar-refractivity contribution is -0.118. The van der Waals surface area contributed by atoms with E-state index in [2.05, 4.69) is 32.2 Å². The summed E-state index contributed by atoms with van der Waals surface area (Å²) in [4.78, 5) is 11.0. The Morgan fingerprint density at radius 2 is 1.92 bits per heavy atom. The average molecular weight is 183 g/mol. The molecular weight excluding hydrogens is 162 g/mol. The Morgan fingerprint density at radius 3 is 2.23 bits per heavy atom. The molecule has 0 heterocycles. The third-order valence-electron chi connectivity index (χ3n) is 2.04. The molecule has 76 valence electrons. The number of ketones is 1. The Labute approximate surface area is 81.4 Å². The largest absolute Gasteiger partial charge is 0.379 e. The van der Waals surface area contributed by atoms with Gasteiger partial charge in [-0.3, -0.25) is 4.79 Å². The van der Waals surface area contributed by atoms with E-state index < -0.39 is 0 Å². The molecule has 13 heavy (non-hydrogen) atoms. The smallest absolute Gasteiger partial charge is 0.151 e. The van der Waals surface area contributed by atoms with Gasteiger partial charge in [0.1, 0.15) is 0 Å². The van der Waals surface area contributed by atoms with E-state index in [0.29, 0.717) is 5.92 Å². The van der Waals surface area contributed by atoms with Crippen LogP contribution in [-0.2, 0) is 4.79 Å². The lowest BCUT2D eigenvalue weighted by atomic mass is 10.1. The van der Waals surface area contributed by atoms with Crippen molar-refractivity contribution in [2.24, 2.45) is 5.92 Å². The predicted octanol–water partition coefficient (Wildman–Crippen LogP) is 2.50. The SMILES string of the molecule is CC/C=C(\N[C@@H](C)C(C)=O)C(C)C. The van der Waals surface area contributed by atoms with E-state index in [9.17, 15) is 4.79 Å². The van der Waals surface area contributed by atoms with Crippen molar-refractivity contribution in [3.63, 3.8) is 0 Å². The van der Waals surface area contributed by atoms with E-state index in [-0.39, 0.29) is 11.8 Å². The van der Waals surface area contributed by atoms with Crippen LogP contribution in [0.3, 0.4) is 0 Å². The minimum absolute atomic E-state index is 0.0693. The van der Waals surface area contributed by atoms with Gasteiger partial charge in [0.15, 0.2) is 5.78 Å². The van der Waals surface area contributed by atoms with Crippen molar-refractivity contribution in [3.8, 4) is 0 Å². The van der Waals surface area contributed by atoms with Gasteiger partial charge in [-0.1, -0.05) is 26.8 Å².